The van der Waals surface area contributed by atoms with Crippen molar-refractivity contribution in [1.82, 2.24) is 0 Å². The largest absolute Gasteiger partial charge is 0.0690 e. The van der Waals surface area contributed by atoms with Crippen molar-refractivity contribution in [1.29, 1.82) is 0 Å². The van der Waals surface area contributed by atoms with E-state index < -0.39 is 0 Å². The molecule has 2 aliphatic rings. The average Bonchev–Trinajstić information content (AvgIpc) is 2.21. The molecule has 0 unspecified atom stereocenters. The van der Waals surface area contributed by atoms with Crippen molar-refractivity contribution < 1.29 is 0 Å². The predicted octanol–water partition coefficient (Wildman–Crippen LogP) is 4.26. The zero-order valence-corrected chi connectivity index (χ0v) is 9.51. The Bertz CT molecular complexity index is 309. The van der Waals surface area contributed by atoms with Gasteiger partial charge in [0.05, 0.1) is 0 Å². The normalized spacial score (nSPS) is 32.4. The van der Waals surface area contributed by atoms with Crippen LogP contribution in [-0.4, -0.2) is 0 Å². The van der Waals surface area contributed by atoms with Crippen molar-refractivity contribution in [2.45, 2.75) is 40.0 Å². The molecule has 0 aliphatic heterocycles. The maximum atomic E-state index is 2.36. The molecule has 0 bridgehead atoms. The van der Waals surface area contributed by atoms with Crippen molar-refractivity contribution in [3.8, 4) is 0 Å². The van der Waals surface area contributed by atoms with Crippen LogP contribution in [0.25, 0.3) is 0 Å². The van der Waals surface area contributed by atoms with Crippen molar-refractivity contribution in [2.75, 3.05) is 0 Å². The lowest BCUT2D eigenvalue weighted by atomic mass is 9.71. The van der Waals surface area contributed by atoms with Gasteiger partial charge in [-0.15, -0.1) is 0 Å². The van der Waals surface area contributed by atoms with Crippen LogP contribution in [0.2, 0.25) is 0 Å². The van der Waals surface area contributed by atoms with E-state index in [0.717, 1.165) is 11.8 Å². The predicted molar refractivity (Wildman–Crippen MR) is 62.1 cm³/mol. The van der Waals surface area contributed by atoms with Crippen LogP contribution in [0.5, 0.6) is 0 Å². The van der Waals surface area contributed by atoms with E-state index in [1.807, 2.05) is 0 Å². The molecular weight excluding hydrogens is 168 g/mol. The lowest BCUT2D eigenvalue weighted by molar-refractivity contribution is 0.246. The summed E-state index contributed by atoms with van der Waals surface area (Å²) in [4.78, 5) is 0. The van der Waals surface area contributed by atoms with Gasteiger partial charge < -0.3 is 0 Å². The molecule has 0 amide bonds. The molecule has 76 valence electrons. The molecule has 1 saturated carbocycles. The first-order chi connectivity index (χ1) is 6.65. The third kappa shape index (κ3) is 2.00. The second-order valence-electron chi connectivity index (χ2n) is 5.09. The number of hydrogen-bond acceptors (Lipinski definition) is 0. The van der Waals surface area contributed by atoms with Crippen molar-refractivity contribution in [2.24, 2.45) is 11.8 Å². The zero-order chi connectivity index (χ0) is 10.1. The van der Waals surface area contributed by atoms with Gasteiger partial charge in [-0.2, -0.15) is 0 Å². The van der Waals surface area contributed by atoms with Crippen LogP contribution in [0.15, 0.2) is 34.9 Å². The minimum absolute atomic E-state index is 0.885. The Morgan fingerprint density at radius 3 is 2.50 bits per heavy atom. The molecule has 2 aliphatic carbocycles. The van der Waals surface area contributed by atoms with Gasteiger partial charge in [0.2, 0.25) is 0 Å². The number of allylic oxidation sites excluding steroid dienone is 6. The summed E-state index contributed by atoms with van der Waals surface area (Å²) in [6, 6.07) is 0. The Morgan fingerprint density at radius 1 is 1.14 bits per heavy atom. The molecule has 0 aromatic carbocycles. The maximum Gasteiger partial charge on any atom is -0.0102 e. The highest BCUT2D eigenvalue weighted by atomic mass is 14.3. The summed E-state index contributed by atoms with van der Waals surface area (Å²) in [7, 11) is 0. The first kappa shape index (κ1) is 9.76. The molecule has 0 atom stereocenters. The van der Waals surface area contributed by atoms with Gasteiger partial charge in [0.15, 0.2) is 0 Å². The van der Waals surface area contributed by atoms with Crippen LogP contribution in [0, 0.1) is 11.8 Å². The molecule has 0 aromatic heterocycles. The summed E-state index contributed by atoms with van der Waals surface area (Å²) in [5.41, 5.74) is 4.57. The monoisotopic (exact) mass is 188 g/mol. The Balaban J connectivity index is 2.10. The SMILES string of the molecule is CC1=CC=C(C2CC(C)C2)CC(C)=C1. The summed E-state index contributed by atoms with van der Waals surface area (Å²) in [5, 5.41) is 0. The van der Waals surface area contributed by atoms with Crippen molar-refractivity contribution >= 4 is 0 Å². The minimum atomic E-state index is 0.885. The van der Waals surface area contributed by atoms with E-state index in [0.29, 0.717) is 0 Å². The van der Waals surface area contributed by atoms with Crippen LogP contribution in [-0.2, 0) is 0 Å². The highest BCUT2D eigenvalue weighted by molar-refractivity contribution is 5.34. The van der Waals surface area contributed by atoms with Gasteiger partial charge >= 0.3 is 0 Å². The van der Waals surface area contributed by atoms with E-state index in [-0.39, 0.29) is 0 Å². The van der Waals surface area contributed by atoms with Crippen molar-refractivity contribution in [3.63, 3.8) is 0 Å². The number of rotatable bonds is 1. The summed E-state index contributed by atoms with van der Waals surface area (Å²) in [6.07, 6.45) is 11.0. The van der Waals surface area contributed by atoms with E-state index >= 15 is 0 Å². The van der Waals surface area contributed by atoms with E-state index in [1.54, 1.807) is 5.57 Å². The van der Waals surface area contributed by atoms with Crippen molar-refractivity contribution in [3.05, 3.63) is 34.9 Å². The van der Waals surface area contributed by atoms with Crippen LogP contribution < -0.4 is 0 Å². The van der Waals surface area contributed by atoms with E-state index in [4.69, 9.17) is 0 Å². The Hall–Kier alpha value is -0.780. The van der Waals surface area contributed by atoms with Gasteiger partial charge in [-0.05, 0) is 44.9 Å². The molecule has 0 aromatic rings. The van der Waals surface area contributed by atoms with Crippen LogP contribution in [0.3, 0.4) is 0 Å². The first-order valence-corrected chi connectivity index (χ1v) is 5.69. The Labute approximate surface area is 87.4 Å². The summed E-state index contributed by atoms with van der Waals surface area (Å²) in [5.74, 6) is 1.84. The third-order valence-electron chi connectivity index (χ3n) is 3.42. The zero-order valence-electron chi connectivity index (χ0n) is 9.51. The van der Waals surface area contributed by atoms with Gasteiger partial charge in [-0.1, -0.05) is 41.9 Å². The fourth-order valence-electron chi connectivity index (χ4n) is 2.59. The number of hydrogen-bond donors (Lipinski definition) is 0. The third-order valence-corrected chi connectivity index (χ3v) is 3.42. The van der Waals surface area contributed by atoms with Gasteiger partial charge in [-0.3, -0.25) is 0 Å². The topological polar surface area (TPSA) is 0 Å². The maximum absolute atomic E-state index is 2.36. The molecule has 2 rings (SSSR count). The van der Waals surface area contributed by atoms with Crippen LogP contribution in [0.1, 0.15) is 40.0 Å². The van der Waals surface area contributed by atoms with Gasteiger partial charge in [0, 0.05) is 0 Å². The highest BCUT2D eigenvalue weighted by Crippen LogP contribution is 2.41. The average molecular weight is 188 g/mol. The summed E-state index contributed by atoms with van der Waals surface area (Å²) in [6.45, 7) is 6.79. The molecule has 0 spiro atoms. The standard InChI is InChI=1S/C14H20/c1-10-4-5-13(7-11(2)6-10)14-8-12(3)9-14/h4-6,12,14H,7-9H2,1-3H3. The van der Waals surface area contributed by atoms with E-state index in [1.165, 1.54) is 30.4 Å². The molecule has 0 saturated heterocycles. The molecule has 0 heteroatoms. The second kappa shape index (κ2) is 3.76. The molecule has 0 radical (unpaired) electrons. The first-order valence-electron chi connectivity index (χ1n) is 5.69. The van der Waals surface area contributed by atoms with Crippen LogP contribution in [0.4, 0.5) is 0 Å². The van der Waals surface area contributed by atoms with Gasteiger partial charge in [-0.25, -0.2) is 0 Å². The lowest BCUT2D eigenvalue weighted by Gasteiger charge is -2.34. The lowest BCUT2D eigenvalue weighted by Crippen LogP contribution is -2.22. The molecule has 0 N–H and O–H groups in total. The molecule has 0 nitrogen and oxygen atoms in total. The Morgan fingerprint density at radius 2 is 1.86 bits per heavy atom. The fourth-order valence-corrected chi connectivity index (χ4v) is 2.59. The minimum Gasteiger partial charge on any atom is -0.0690 e. The van der Waals surface area contributed by atoms with Gasteiger partial charge in [0.25, 0.3) is 0 Å². The molecular formula is C14H20. The molecule has 1 fully saturated rings. The summed E-state index contributed by atoms with van der Waals surface area (Å²) < 4.78 is 0. The van der Waals surface area contributed by atoms with E-state index in [2.05, 4.69) is 39.0 Å². The van der Waals surface area contributed by atoms with Gasteiger partial charge in [0.1, 0.15) is 0 Å². The smallest absolute Gasteiger partial charge is 0.0102 e. The molecule has 14 heavy (non-hydrogen) atoms. The second-order valence-corrected chi connectivity index (χ2v) is 5.09. The summed E-state index contributed by atoms with van der Waals surface area (Å²) >= 11 is 0. The quantitative estimate of drug-likeness (QED) is 0.577. The highest BCUT2D eigenvalue weighted by Gasteiger charge is 2.28. The Kier molecular flexibility index (Phi) is 2.62. The van der Waals surface area contributed by atoms with Crippen LogP contribution >= 0.6 is 0 Å². The fraction of sp³-hybridized carbons (Fsp3) is 0.571. The molecule has 0 heterocycles. The van der Waals surface area contributed by atoms with E-state index in [9.17, 15) is 0 Å².